The van der Waals surface area contributed by atoms with E-state index in [0.717, 1.165) is 41.1 Å². The smallest absolute Gasteiger partial charge is 0.132 e. The van der Waals surface area contributed by atoms with E-state index >= 15 is 0 Å². The van der Waals surface area contributed by atoms with Gasteiger partial charge in [-0.2, -0.15) is 0 Å². The number of ether oxygens (including phenoxy) is 1. The van der Waals surface area contributed by atoms with E-state index in [4.69, 9.17) is 4.74 Å². The van der Waals surface area contributed by atoms with Gasteiger partial charge in [0.25, 0.3) is 0 Å². The largest absolute Gasteiger partial charge is 0.393 e. The first-order valence-corrected chi connectivity index (χ1v) is 10.1. The van der Waals surface area contributed by atoms with Gasteiger partial charge in [0, 0.05) is 23.9 Å². The molecule has 0 aromatic heterocycles. The number of hydrogen-bond acceptors (Lipinski definition) is 8. The molecule has 0 aromatic carbocycles. The summed E-state index contributed by atoms with van der Waals surface area (Å²) in [7, 11) is 0. The molecular formula is C11H18N2O2S4. The maximum atomic E-state index is 9.28. The molecule has 8 heteroatoms. The van der Waals surface area contributed by atoms with Crippen LogP contribution in [0.1, 0.15) is 6.42 Å². The summed E-state index contributed by atoms with van der Waals surface area (Å²) in [6.07, 6.45) is 0.987. The van der Waals surface area contributed by atoms with Crippen LogP contribution in [0.25, 0.3) is 0 Å². The topological polar surface area (TPSA) is 54.2 Å². The predicted octanol–water partition coefficient (Wildman–Crippen LogP) is 2.38. The van der Waals surface area contributed by atoms with Crippen molar-refractivity contribution >= 4 is 55.8 Å². The zero-order chi connectivity index (χ0) is 13.3. The highest BCUT2D eigenvalue weighted by Crippen LogP contribution is 2.26. The van der Waals surface area contributed by atoms with Gasteiger partial charge in [0.15, 0.2) is 0 Å². The Hall–Kier alpha value is 0.660. The van der Waals surface area contributed by atoms with Crippen molar-refractivity contribution in [1.82, 2.24) is 0 Å². The second kappa shape index (κ2) is 9.57. The Morgan fingerprint density at radius 2 is 1.95 bits per heavy atom. The molecule has 0 aliphatic carbocycles. The van der Waals surface area contributed by atoms with E-state index < -0.39 is 0 Å². The first-order valence-electron chi connectivity index (χ1n) is 6.25. The Bertz CT molecular complexity index is 339. The SMILES string of the molecule is OCC(OCCCSC1=NCCS1)SC1=NCCS1. The molecule has 1 unspecified atom stereocenters. The lowest BCUT2D eigenvalue weighted by atomic mass is 10.5. The zero-order valence-corrected chi connectivity index (χ0v) is 13.9. The molecule has 0 spiro atoms. The number of aliphatic imine (C=N–C) groups is 2. The number of rotatable bonds is 7. The van der Waals surface area contributed by atoms with Crippen molar-refractivity contribution in [3.8, 4) is 0 Å². The molecule has 19 heavy (non-hydrogen) atoms. The van der Waals surface area contributed by atoms with Crippen LogP contribution < -0.4 is 0 Å². The number of aliphatic hydroxyl groups is 1. The number of nitrogens with zero attached hydrogens (tertiary/aromatic N) is 2. The second-order valence-corrected chi connectivity index (χ2v) is 8.71. The maximum absolute atomic E-state index is 9.28. The first-order chi connectivity index (χ1) is 9.38. The molecule has 2 aliphatic rings. The molecule has 108 valence electrons. The molecule has 2 rings (SSSR count). The van der Waals surface area contributed by atoms with Gasteiger partial charge in [0.05, 0.1) is 19.7 Å². The fourth-order valence-electron chi connectivity index (χ4n) is 1.46. The van der Waals surface area contributed by atoms with Crippen molar-refractivity contribution in [2.75, 3.05) is 43.6 Å². The van der Waals surface area contributed by atoms with Crippen LogP contribution in [-0.4, -0.2) is 62.9 Å². The van der Waals surface area contributed by atoms with Gasteiger partial charge in [-0.1, -0.05) is 47.0 Å². The van der Waals surface area contributed by atoms with E-state index in [9.17, 15) is 5.11 Å². The van der Waals surface area contributed by atoms with Gasteiger partial charge in [-0.3, -0.25) is 9.98 Å². The Kier molecular flexibility index (Phi) is 8.08. The zero-order valence-electron chi connectivity index (χ0n) is 10.6. The number of thioether (sulfide) groups is 4. The van der Waals surface area contributed by atoms with Crippen molar-refractivity contribution in [3.63, 3.8) is 0 Å². The lowest BCUT2D eigenvalue weighted by Gasteiger charge is -2.14. The van der Waals surface area contributed by atoms with Crippen LogP contribution >= 0.6 is 47.0 Å². The summed E-state index contributed by atoms with van der Waals surface area (Å²) in [6.45, 7) is 2.58. The molecule has 0 saturated heterocycles. The summed E-state index contributed by atoms with van der Waals surface area (Å²) >= 11 is 6.94. The predicted molar refractivity (Wildman–Crippen MR) is 91.0 cm³/mol. The van der Waals surface area contributed by atoms with Crippen LogP contribution in [0.3, 0.4) is 0 Å². The molecule has 0 fully saturated rings. The Morgan fingerprint density at radius 1 is 1.21 bits per heavy atom. The molecule has 0 saturated carbocycles. The van der Waals surface area contributed by atoms with E-state index in [0.29, 0.717) is 6.61 Å². The van der Waals surface area contributed by atoms with E-state index in [2.05, 4.69) is 9.98 Å². The van der Waals surface area contributed by atoms with Crippen molar-refractivity contribution in [2.24, 2.45) is 9.98 Å². The Morgan fingerprint density at radius 3 is 2.58 bits per heavy atom. The summed E-state index contributed by atoms with van der Waals surface area (Å²) in [5, 5.41) is 9.28. The highest BCUT2D eigenvalue weighted by Gasteiger charge is 2.16. The first kappa shape index (κ1) is 16.0. The van der Waals surface area contributed by atoms with Gasteiger partial charge in [-0.05, 0) is 6.42 Å². The van der Waals surface area contributed by atoms with Crippen LogP contribution in [0.5, 0.6) is 0 Å². The van der Waals surface area contributed by atoms with Crippen LogP contribution in [0.4, 0.5) is 0 Å². The highest BCUT2D eigenvalue weighted by atomic mass is 32.2. The normalized spacial score (nSPS) is 20.5. The van der Waals surface area contributed by atoms with E-state index in [1.165, 1.54) is 4.38 Å². The van der Waals surface area contributed by atoms with Crippen LogP contribution in [0.2, 0.25) is 0 Å². The maximum Gasteiger partial charge on any atom is 0.132 e. The third kappa shape index (κ3) is 6.31. The molecule has 1 atom stereocenters. The van der Waals surface area contributed by atoms with Crippen molar-refractivity contribution < 1.29 is 9.84 Å². The lowest BCUT2D eigenvalue weighted by Crippen LogP contribution is -2.16. The van der Waals surface area contributed by atoms with Gasteiger partial charge >= 0.3 is 0 Å². The molecule has 0 radical (unpaired) electrons. The average molecular weight is 339 g/mol. The van der Waals surface area contributed by atoms with Gasteiger partial charge in [0.1, 0.15) is 14.2 Å². The number of aliphatic hydroxyl groups excluding tert-OH is 1. The van der Waals surface area contributed by atoms with E-state index in [1.807, 2.05) is 23.5 Å². The van der Waals surface area contributed by atoms with Gasteiger partial charge < -0.3 is 9.84 Å². The minimum Gasteiger partial charge on any atom is -0.393 e. The van der Waals surface area contributed by atoms with E-state index in [-0.39, 0.29) is 12.0 Å². The quantitative estimate of drug-likeness (QED) is 0.568. The molecule has 2 aliphatic heterocycles. The third-order valence-electron chi connectivity index (χ3n) is 2.31. The second-order valence-electron chi connectivity index (χ2n) is 3.79. The summed E-state index contributed by atoms with van der Waals surface area (Å²) in [5.74, 6) is 3.21. The average Bonchev–Trinajstić information content (AvgIpc) is 3.10. The van der Waals surface area contributed by atoms with Crippen molar-refractivity contribution in [2.45, 2.75) is 11.9 Å². The molecule has 4 nitrogen and oxygen atoms in total. The van der Waals surface area contributed by atoms with Gasteiger partial charge in [0.2, 0.25) is 0 Å². The van der Waals surface area contributed by atoms with Crippen molar-refractivity contribution in [3.05, 3.63) is 0 Å². The minimum atomic E-state index is -0.174. The minimum absolute atomic E-state index is 0.0416. The Labute approximate surface area is 131 Å². The number of hydrogen-bond donors (Lipinski definition) is 1. The summed E-state index contributed by atoms with van der Waals surface area (Å²) < 4.78 is 7.94. The van der Waals surface area contributed by atoms with Crippen LogP contribution in [0, 0.1) is 0 Å². The fourth-order valence-corrected chi connectivity index (χ4v) is 5.47. The summed E-state index contributed by atoms with van der Waals surface area (Å²) in [5.41, 5.74) is -0.174. The molecule has 0 amide bonds. The molecule has 0 bridgehead atoms. The Balaban J connectivity index is 1.52. The fraction of sp³-hybridized carbons (Fsp3) is 0.818. The van der Waals surface area contributed by atoms with Gasteiger partial charge in [-0.25, -0.2) is 0 Å². The van der Waals surface area contributed by atoms with Gasteiger partial charge in [-0.15, -0.1) is 0 Å². The highest BCUT2D eigenvalue weighted by molar-refractivity contribution is 8.39. The molecular weight excluding hydrogens is 320 g/mol. The molecule has 1 N–H and O–H groups in total. The molecule has 0 aromatic rings. The van der Waals surface area contributed by atoms with Crippen LogP contribution in [-0.2, 0) is 4.74 Å². The van der Waals surface area contributed by atoms with Crippen LogP contribution in [0.15, 0.2) is 9.98 Å². The van der Waals surface area contributed by atoms with Crippen molar-refractivity contribution in [1.29, 1.82) is 0 Å². The summed E-state index contributed by atoms with van der Waals surface area (Å²) in [6, 6.07) is 0. The summed E-state index contributed by atoms with van der Waals surface area (Å²) in [4.78, 5) is 8.74. The molecule has 2 heterocycles. The monoisotopic (exact) mass is 338 g/mol. The third-order valence-corrected chi connectivity index (χ3v) is 6.94. The lowest BCUT2D eigenvalue weighted by molar-refractivity contribution is 0.0703. The van der Waals surface area contributed by atoms with E-state index in [1.54, 1.807) is 23.5 Å². The standard InChI is InChI=1S/C11H18N2O2S4/c14-8-9(19-11-13-3-7-18-11)15-4-1-5-16-10-12-2-6-17-10/h9,14H,1-8H2.